The normalized spacial score (nSPS) is 11.2. The molecule has 2 aromatic carbocycles. The van der Waals surface area contributed by atoms with E-state index < -0.39 is 0 Å². The molecule has 0 bridgehead atoms. The number of benzene rings is 2. The van der Waals surface area contributed by atoms with Crippen LogP contribution in [0.3, 0.4) is 0 Å². The Balaban J connectivity index is 1.80. The summed E-state index contributed by atoms with van der Waals surface area (Å²) in [4.78, 5) is 16.1. The van der Waals surface area contributed by atoms with Gasteiger partial charge in [0.25, 0.3) is 5.91 Å². The molecule has 0 radical (unpaired) electrons. The maximum Gasteiger partial charge on any atom is 0.257 e. The number of fused-ring (bicyclic) bond motifs is 2. The van der Waals surface area contributed by atoms with Crippen molar-refractivity contribution in [3.05, 3.63) is 66.0 Å². The maximum atomic E-state index is 12.8. The number of anilines is 1. The Morgan fingerprint density at radius 2 is 1.91 bits per heavy atom. The van der Waals surface area contributed by atoms with Crippen LogP contribution in [0.2, 0.25) is 0 Å². The lowest BCUT2D eigenvalue weighted by Gasteiger charge is -2.08. The molecule has 0 unspecified atom stereocenters. The van der Waals surface area contributed by atoms with Crippen molar-refractivity contribution in [3.63, 3.8) is 0 Å². The fraction of sp³-hybridized carbons (Fsp3) is 0.105. The van der Waals surface area contributed by atoms with Gasteiger partial charge in [-0.15, -0.1) is 0 Å². The molecule has 0 aliphatic heterocycles. The Bertz CT molecular complexity index is 1040. The van der Waals surface area contributed by atoms with Crippen molar-refractivity contribution in [3.8, 4) is 0 Å². The van der Waals surface area contributed by atoms with Crippen LogP contribution >= 0.6 is 0 Å². The van der Waals surface area contributed by atoms with Crippen LogP contribution in [0.15, 0.2) is 54.7 Å². The second-order valence-electron chi connectivity index (χ2n) is 5.79. The zero-order valence-corrected chi connectivity index (χ0v) is 13.1. The molecule has 4 heteroatoms. The van der Waals surface area contributed by atoms with Crippen molar-refractivity contribution in [1.29, 1.82) is 0 Å². The van der Waals surface area contributed by atoms with Crippen LogP contribution in [-0.4, -0.2) is 15.5 Å². The van der Waals surface area contributed by atoms with Crippen LogP contribution in [0, 0.1) is 6.92 Å². The Hall–Kier alpha value is -3.01. The van der Waals surface area contributed by atoms with Crippen LogP contribution in [0.1, 0.15) is 16.1 Å². The molecule has 0 spiro atoms. The summed E-state index contributed by atoms with van der Waals surface area (Å²) in [5.41, 5.74) is 4.45. The number of nitrogens with zero attached hydrogens (tertiary/aromatic N) is 1. The van der Waals surface area contributed by atoms with Gasteiger partial charge in [0.2, 0.25) is 0 Å². The van der Waals surface area contributed by atoms with Gasteiger partial charge in [-0.1, -0.05) is 30.3 Å². The van der Waals surface area contributed by atoms with Crippen LogP contribution in [-0.2, 0) is 7.05 Å². The number of carbonyl (C=O) groups excluding carboxylic acids is 1. The van der Waals surface area contributed by atoms with Gasteiger partial charge < -0.3 is 14.9 Å². The molecular weight excluding hydrogens is 286 g/mol. The first kappa shape index (κ1) is 13.6. The topological polar surface area (TPSA) is 49.8 Å². The quantitative estimate of drug-likeness (QED) is 0.572. The standard InChI is InChI=1S/C19H17N3O/c1-12-17(14-7-3-4-9-16(14)20-12)21-19(23)15-8-5-6-13-10-11-22(2)18(13)15/h3-11,20H,1-2H3,(H,21,23). The van der Waals surface area contributed by atoms with Crippen LogP contribution in [0.4, 0.5) is 5.69 Å². The molecule has 2 aromatic heterocycles. The highest BCUT2D eigenvalue weighted by molar-refractivity contribution is 6.15. The molecule has 4 nitrogen and oxygen atoms in total. The van der Waals surface area contributed by atoms with Gasteiger partial charge in [0.1, 0.15) is 0 Å². The van der Waals surface area contributed by atoms with Crippen molar-refractivity contribution in [2.45, 2.75) is 6.92 Å². The smallest absolute Gasteiger partial charge is 0.257 e. The first-order valence-corrected chi connectivity index (χ1v) is 7.58. The van der Waals surface area contributed by atoms with E-state index in [0.717, 1.165) is 33.2 Å². The number of rotatable bonds is 2. The van der Waals surface area contributed by atoms with Gasteiger partial charge >= 0.3 is 0 Å². The Morgan fingerprint density at radius 1 is 1.09 bits per heavy atom. The Morgan fingerprint density at radius 3 is 2.78 bits per heavy atom. The number of carbonyl (C=O) groups is 1. The molecule has 114 valence electrons. The number of hydrogen-bond acceptors (Lipinski definition) is 1. The van der Waals surface area contributed by atoms with Crippen molar-refractivity contribution >= 4 is 33.4 Å². The number of H-pyrrole nitrogens is 1. The molecule has 4 rings (SSSR count). The fourth-order valence-electron chi connectivity index (χ4n) is 3.16. The molecule has 2 N–H and O–H groups in total. The number of aryl methyl sites for hydroxylation is 2. The van der Waals surface area contributed by atoms with Crippen molar-refractivity contribution in [1.82, 2.24) is 9.55 Å². The van der Waals surface area contributed by atoms with Gasteiger partial charge in [-0.3, -0.25) is 4.79 Å². The lowest BCUT2D eigenvalue weighted by molar-refractivity contribution is 0.102. The third-order valence-electron chi connectivity index (χ3n) is 4.27. The van der Waals surface area contributed by atoms with Crippen LogP contribution < -0.4 is 5.32 Å². The third-order valence-corrected chi connectivity index (χ3v) is 4.27. The Kier molecular flexibility index (Phi) is 2.98. The van der Waals surface area contributed by atoms with E-state index in [2.05, 4.69) is 10.3 Å². The highest BCUT2D eigenvalue weighted by Gasteiger charge is 2.16. The lowest BCUT2D eigenvalue weighted by Crippen LogP contribution is -2.13. The molecular formula is C19H17N3O. The molecule has 0 fully saturated rings. The van der Waals surface area contributed by atoms with E-state index >= 15 is 0 Å². The molecule has 0 aliphatic carbocycles. The monoisotopic (exact) mass is 303 g/mol. The van der Waals surface area contributed by atoms with Gasteiger partial charge in [-0.25, -0.2) is 0 Å². The minimum atomic E-state index is -0.0924. The summed E-state index contributed by atoms with van der Waals surface area (Å²) in [7, 11) is 1.95. The summed E-state index contributed by atoms with van der Waals surface area (Å²) in [6.07, 6.45) is 1.97. The molecule has 4 aromatic rings. The summed E-state index contributed by atoms with van der Waals surface area (Å²) >= 11 is 0. The fourth-order valence-corrected chi connectivity index (χ4v) is 3.16. The van der Waals surface area contributed by atoms with Crippen molar-refractivity contribution < 1.29 is 4.79 Å². The minimum absolute atomic E-state index is 0.0924. The molecule has 23 heavy (non-hydrogen) atoms. The third kappa shape index (κ3) is 2.11. The average Bonchev–Trinajstić information content (AvgIpc) is 3.08. The predicted molar refractivity (Wildman–Crippen MR) is 93.9 cm³/mol. The lowest BCUT2D eigenvalue weighted by atomic mass is 10.1. The molecule has 0 saturated heterocycles. The highest BCUT2D eigenvalue weighted by atomic mass is 16.1. The second-order valence-corrected chi connectivity index (χ2v) is 5.79. The zero-order chi connectivity index (χ0) is 16.0. The first-order valence-electron chi connectivity index (χ1n) is 7.58. The van der Waals surface area contributed by atoms with E-state index in [1.54, 1.807) is 0 Å². The zero-order valence-electron chi connectivity index (χ0n) is 13.1. The maximum absolute atomic E-state index is 12.8. The SMILES string of the molecule is Cc1[nH]c2ccccc2c1NC(=O)c1cccc2ccn(C)c12. The number of hydrogen-bond donors (Lipinski definition) is 2. The van der Waals surface area contributed by atoms with Gasteiger partial charge in [-0.2, -0.15) is 0 Å². The average molecular weight is 303 g/mol. The van der Waals surface area contributed by atoms with Gasteiger partial charge in [-0.05, 0) is 25.1 Å². The van der Waals surface area contributed by atoms with Crippen molar-refractivity contribution in [2.24, 2.45) is 7.05 Å². The van der Waals surface area contributed by atoms with Crippen molar-refractivity contribution in [2.75, 3.05) is 5.32 Å². The van der Waals surface area contributed by atoms with E-state index in [1.165, 1.54) is 0 Å². The van der Waals surface area contributed by atoms with Gasteiger partial charge in [0, 0.05) is 35.2 Å². The largest absolute Gasteiger partial charge is 0.357 e. The van der Waals surface area contributed by atoms with E-state index in [-0.39, 0.29) is 5.91 Å². The minimum Gasteiger partial charge on any atom is -0.357 e. The van der Waals surface area contributed by atoms with Gasteiger partial charge in [0.05, 0.1) is 16.8 Å². The number of para-hydroxylation sites is 2. The highest BCUT2D eigenvalue weighted by Crippen LogP contribution is 2.28. The number of nitrogens with one attached hydrogen (secondary N) is 2. The number of aromatic nitrogens is 2. The summed E-state index contributed by atoms with van der Waals surface area (Å²) in [5, 5.41) is 5.17. The summed E-state index contributed by atoms with van der Waals surface area (Å²) in [6, 6.07) is 15.8. The van der Waals surface area contributed by atoms with Crippen LogP contribution in [0.25, 0.3) is 21.8 Å². The van der Waals surface area contributed by atoms with Crippen LogP contribution in [0.5, 0.6) is 0 Å². The second kappa shape index (κ2) is 5.02. The number of aromatic amines is 1. The molecule has 1 amide bonds. The number of amides is 1. The predicted octanol–water partition coefficient (Wildman–Crippen LogP) is 4.22. The first-order chi connectivity index (χ1) is 11.1. The van der Waals surface area contributed by atoms with Gasteiger partial charge in [0.15, 0.2) is 0 Å². The molecule has 0 atom stereocenters. The van der Waals surface area contributed by atoms with E-state index in [0.29, 0.717) is 5.56 Å². The Labute approximate surface area is 133 Å². The molecule has 0 saturated carbocycles. The van der Waals surface area contributed by atoms with E-state index in [9.17, 15) is 4.79 Å². The molecule has 0 aliphatic rings. The summed E-state index contributed by atoms with van der Waals surface area (Å²) in [6.45, 7) is 1.97. The van der Waals surface area contributed by atoms with E-state index in [4.69, 9.17) is 0 Å². The summed E-state index contributed by atoms with van der Waals surface area (Å²) in [5.74, 6) is -0.0924. The molecule has 2 heterocycles. The summed E-state index contributed by atoms with van der Waals surface area (Å²) < 4.78 is 1.98. The van der Waals surface area contributed by atoms with E-state index in [1.807, 2.05) is 73.3 Å².